The molecular weight excluding hydrogens is 560 g/mol. The molecule has 0 aliphatic carbocycles. The number of fused-ring (bicyclic) bond motifs is 3. The number of piperidine rings is 2. The van der Waals surface area contributed by atoms with Crippen LogP contribution in [-0.4, -0.2) is 67.1 Å². The van der Waals surface area contributed by atoms with Crippen molar-refractivity contribution in [3.63, 3.8) is 0 Å². The number of benzene rings is 2. The zero-order valence-electron chi connectivity index (χ0n) is 25.9. The van der Waals surface area contributed by atoms with E-state index in [2.05, 4.69) is 81.1 Å². The fourth-order valence-corrected chi connectivity index (χ4v) is 8.59. The molecule has 2 aromatic carbocycles. The average Bonchev–Trinajstić information content (AvgIpc) is 3.78. The van der Waals surface area contributed by atoms with E-state index in [1.807, 2.05) is 17.0 Å². The molecule has 45 heavy (non-hydrogen) atoms. The van der Waals surface area contributed by atoms with Crippen LogP contribution in [0.15, 0.2) is 89.7 Å². The molecule has 3 aromatic heterocycles. The van der Waals surface area contributed by atoms with Gasteiger partial charge in [0.1, 0.15) is 11.5 Å². The Balaban J connectivity index is 0.962. The van der Waals surface area contributed by atoms with Gasteiger partial charge in [-0.3, -0.25) is 14.7 Å². The predicted molar refractivity (Wildman–Crippen MR) is 174 cm³/mol. The number of aromatic nitrogens is 4. The molecule has 8 nitrogen and oxygen atoms in total. The molecule has 3 saturated heterocycles. The highest BCUT2D eigenvalue weighted by Gasteiger charge is 2.44. The SMILES string of the molecule is Cc1nc2ccccc2n1C1CC2CCC(C1)N2CCC1(c2ccccc2)CCN(C(=O)c2cc(-c3ccncc3)no2)CC1. The highest BCUT2D eigenvalue weighted by Crippen LogP contribution is 2.45. The number of likely N-dealkylation sites (tertiary alicyclic amines) is 1. The first-order valence-corrected chi connectivity index (χ1v) is 16.5. The fraction of sp³-hybridized carbons (Fsp3) is 0.405. The minimum Gasteiger partial charge on any atom is -0.350 e. The van der Waals surface area contributed by atoms with Crippen molar-refractivity contribution < 1.29 is 9.32 Å². The number of para-hydroxylation sites is 2. The number of carbonyl (C=O) groups excluding carboxylic acids is 1. The van der Waals surface area contributed by atoms with E-state index in [4.69, 9.17) is 9.51 Å². The maximum absolute atomic E-state index is 13.5. The van der Waals surface area contributed by atoms with E-state index in [-0.39, 0.29) is 11.3 Å². The molecule has 8 heteroatoms. The third-order valence-electron chi connectivity index (χ3n) is 10.9. The number of hydrogen-bond donors (Lipinski definition) is 0. The standard InChI is InChI=1S/C37H40N6O2/c1-26-39-32-9-5-6-10-34(32)43(26)31-23-29-11-12-30(24-31)42(29)22-17-37(28-7-3-2-4-8-28)15-20-41(21-16-37)36(44)35-25-33(40-45-35)27-13-18-38-19-14-27/h2-10,13-14,18-19,25,29-31H,11-12,15-17,20-24H2,1H3. The van der Waals surface area contributed by atoms with Crippen molar-refractivity contribution >= 4 is 16.9 Å². The Morgan fingerprint density at radius 1 is 0.911 bits per heavy atom. The van der Waals surface area contributed by atoms with Gasteiger partial charge in [0.15, 0.2) is 0 Å². The van der Waals surface area contributed by atoms with Crippen LogP contribution in [0.25, 0.3) is 22.3 Å². The number of rotatable bonds is 7. The second-order valence-electron chi connectivity index (χ2n) is 13.3. The van der Waals surface area contributed by atoms with Gasteiger partial charge < -0.3 is 14.0 Å². The zero-order chi connectivity index (χ0) is 30.4. The summed E-state index contributed by atoms with van der Waals surface area (Å²) in [5.41, 5.74) is 5.38. The lowest BCUT2D eigenvalue weighted by Gasteiger charge is -2.45. The van der Waals surface area contributed by atoms with Crippen LogP contribution in [0.3, 0.4) is 0 Å². The van der Waals surface area contributed by atoms with E-state index in [1.54, 1.807) is 18.5 Å². The summed E-state index contributed by atoms with van der Waals surface area (Å²) >= 11 is 0. The Hall–Kier alpha value is -4.30. The van der Waals surface area contributed by atoms with Gasteiger partial charge in [-0.2, -0.15) is 0 Å². The van der Waals surface area contributed by atoms with E-state index < -0.39 is 0 Å². The number of nitrogens with zero attached hydrogens (tertiary/aromatic N) is 6. The molecule has 2 unspecified atom stereocenters. The number of pyridine rings is 1. The number of aryl methyl sites for hydroxylation is 1. The van der Waals surface area contributed by atoms with E-state index in [1.165, 1.54) is 36.8 Å². The molecule has 3 fully saturated rings. The monoisotopic (exact) mass is 600 g/mol. The minimum absolute atomic E-state index is 0.0507. The second-order valence-corrected chi connectivity index (χ2v) is 13.3. The Kier molecular flexibility index (Phi) is 7.25. The van der Waals surface area contributed by atoms with Crippen LogP contribution >= 0.6 is 0 Å². The zero-order valence-corrected chi connectivity index (χ0v) is 25.9. The maximum Gasteiger partial charge on any atom is 0.292 e. The molecule has 0 saturated carbocycles. The molecule has 8 rings (SSSR count). The number of amides is 1. The molecule has 0 radical (unpaired) electrons. The molecule has 2 atom stereocenters. The summed E-state index contributed by atoms with van der Waals surface area (Å²) in [6, 6.07) is 26.8. The van der Waals surface area contributed by atoms with Crippen LogP contribution < -0.4 is 0 Å². The molecule has 0 N–H and O–H groups in total. The van der Waals surface area contributed by atoms with E-state index in [9.17, 15) is 4.79 Å². The third kappa shape index (κ3) is 5.15. The van der Waals surface area contributed by atoms with Crippen molar-refractivity contribution in [2.75, 3.05) is 19.6 Å². The number of carbonyl (C=O) groups is 1. The third-order valence-corrected chi connectivity index (χ3v) is 10.9. The van der Waals surface area contributed by atoms with Gasteiger partial charge in [0, 0.05) is 55.2 Å². The molecular formula is C37H40N6O2. The van der Waals surface area contributed by atoms with Gasteiger partial charge in [0.2, 0.25) is 5.76 Å². The van der Waals surface area contributed by atoms with Gasteiger partial charge in [-0.15, -0.1) is 0 Å². The summed E-state index contributed by atoms with van der Waals surface area (Å²) in [5, 5.41) is 4.16. The molecule has 3 aliphatic heterocycles. The molecule has 230 valence electrons. The van der Waals surface area contributed by atoms with Crippen LogP contribution in [0.5, 0.6) is 0 Å². The molecule has 6 heterocycles. The van der Waals surface area contributed by atoms with Crippen molar-refractivity contribution in [1.29, 1.82) is 0 Å². The van der Waals surface area contributed by atoms with Crippen molar-refractivity contribution in [2.45, 2.75) is 75.4 Å². The van der Waals surface area contributed by atoms with E-state index >= 15 is 0 Å². The molecule has 3 aliphatic rings. The topological polar surface area (TPSA) is 80.3 Å². The number of hydrogen-bond acceptors (Lipinski definition) is 6. The molecule has 2 bridgehead atoms. The Morgan fingerprint density at radius 2 is 1.62 bits per heavy atom. The van der Waals surface area contributed by atoms with Crippen molar-refractivity contribution in [3.05, 3.63) is 102 Å². The molecule has 1 amide bonds. The fourth-order valence-electron chi connectivity index (χ4n) is 8.59. The van der Waals surface area contributed by atoms with Gasteiger partial charge in [-0.25, -0.2) is 4.98 Å². The quantitative estimate of drug-likeness (QED) is 0.204. The highest BCUT2D eigenvalue weighted by molar-refractivity contribution is 5.92. The summed E-state index contributed by atoms with van der Waals surface area (Å²) in [6.45, 7) is 4.69. The van der Waals surface area contributed by atoms with Crippen molar-refractivity contribution in [1.82, 2.24) is 29.5 Å². The summed E-state index contributed by atoms with van der Waals surface area (Å²) < 4.78 is 8.04. The molecule has 0 spiro atoms. The smallest absolute Gasteiger partial charge is 0.292 e. The second kappa shape index (κ2) is 11.6. The summed E-state index contributed by atoms with van der Waals surface area (Å²) in [4.78, 5) is 27.2. The predicted octanol–water partition coefficient (Wildman–Crippen LogP) is 6.83. The first-order valence-electron chi connectivity index (χ1n) is 16.5. The minimum atomic E-state index is -0.0769. The normalized spacial score (nSPS) is 23.0. The summed E-state index contributed by atoms with van der Waals surface area (Å²) in [7, 11) is 0. The summed E-state index contributed by atoms with van der Waals surface area (Å²) in [5.74, 6) is 1.36. The van der Waals surface area contributed by atoms with Gasteiger partial charge >= 0.3 is 0 Å². The van der Waals surface area contributed by atoms with Crippen LogP contribution in [-0.2, 0) is 5.41 Å². The van der Waals surface area contributed by atoms with Crippen molar-refractivity contribution in [2.24, 2.45) is 0 Å². The van der Waals surface area contributed by atoms with Gasteiger partial charge in [0.05, 0.1) is 11.0 Å². The largest absolute Gasteiger partial charge is 0.350 e. The van der Waals surface area contributed by atoms with Crippen molar-refractivity contribution in [3.8, 4) is 11.3 Å². The lowest BCUT2D eigenvalue weighted by atomic mass is 9.70. The Morgan fingerprint density at radius 3 is 2.38 bits per heavy atom. The Bertz CT molecular complexity index is 1780. The van der Waals surface area contributed by atoms with Crippen LogP contribution in [0.1, 0.15) is 72.9 Å². The lowest BCUT2D eigenvalue weighted by molar-refractivity contribution is 0.0572. The highest BCUT2D eigenvalue weighted by atomic mass is 16.5. The maximum atomic E-state index is 13.5. The summed E-state index contributed by atoms with van der Waals surface area (Å²) in [6.07, 6.45) is 11.4. The van der Waals surface area contributed by atoms with Gasteiger partial charge in [-0.1, -0.05) is 47.6 Å². The van der Waals surface area contributed by atoms with E-state index in [0.717, 1.165) is 42.7 Å². The lowest BCUT2D eigenvalue weighted by Crippen LogP contribution is -2.49. The van der Waals surface area contributed by atoms with Crippen LogP contribution in [0, 0.1) is 6.92 Å². The Labute approximate surface area is 264 Å². The van der Waals surface area contributed by atoms with Gasteiger partial charge in [0.25, 0.3) is 5.91 Å². The first kappa shape index (κ1) is 28.2. The number of imidazole rings is 1. The average molecular weight is 601 g/mol. The van der Waals surface area contributed by atoms with Crippen LogP contribution in [0.4, 0.5) is 0 Å². The first-order chi connectivity index (χ1) is 22.1. The van der Waals surface area contributed by atoms with Crippen LogP contribution in [0.2, 0.25) is 0 Å². The van der Waals surface area contributed by atoms with E-state index in [0.29, 0.717) is 42.7 Å². The molecule has 5 aromatic rings. The van der Waals surface area contributed by atoms with Gasteiger partial charge in [-0.05, 0) is 93.7 Å².